The number of hydrogen-bond donors (Lipinski definition) is 0. The molecule has 8 heteroatoms. The van der Waals surface area contributed by atoms with Crippen molar-refractivity contribution < 1.29 is 8.78 Å². The van der Waals surface area contributed by atoms with Crippen LogP contribution in [0.2, 0.25) is 0 Å². The van der Waals surface area contributed by atoms with Crippen LogP contribution in [-0.4, -0.2) is 80.7 Å². The highest BCUT2D eigenvalue weighted by molar-refractivity contribution is 5.30. The molecule has 0 N–H and O–H groups in total. The maximum atomic E-state index is 13.9. The first-order valence-electron chi connectivity index (χ1n) is 14.1. The Balaban J connectivity index is 1.25. The number of aromatic nitrogens is 3. The molecule has 0 spiro atoms. The summed E-state index contributed by atoms with van der Waals surface area (Å²) in [5.41, 5.74) is 3.48. The number of benzene rings is 2. The van der Waals surface area contributed by atoms with Gasteiger partial charge in [-0.3, -0.25) is 14.7 Å². The minimum absolute atomic E-state index is 0.00202. The second kappa shape index (κ2) is 11.2. The molecule has 202 valence electrons. The predicted molar refractivity (Wildman–Crippen MR) is 144 cm³/mol. The summed E-state index contributed by atoms with van der Waals surface area (Å²) in [5, 5.41) is 8.99. The van der Waals surface area contributed by atoms with Crippen LogP contribution in [0.5, 0.6) is 0 Å². The Kier molecular flexibility index (Phi) is 7.54. The Morgan fingerprint density at radius 3 is 2.39 bits per heavy atom. The van der Waals surface area contributed by atoms with Gasteiger partial charge in [-0.15, -0.1) is 10.2 Å². The van der Waals surface area contributed by atoms with E-state index in [1.54, 1.807) is 0 Å². The smallest absolute Gasteiger partial charge is 0.260 e. The molecule has 0 amide bonds. The predicted octanol–water partition coefficient (Wildman–Crippen LogP) is 4.82. The molecule has 6 rings (SSSR count). The van der Waals surface area contributed by atoms with Gasteiger partial charge in [0.1, 0.15) is 6.33 Å². The second-order valence-electron chi connectivity index (χ2n) is 11.3. The summed E-state index contributed by atoms with van der Waals surface area (Å²) in [4.78, 5) is 7.10. The third-order valence-corrected chi connectivity index (χ3v) is 8.48. The molecule has 1 aromatic heterocycles. The zero-order chi connectivity index (χ0) is 26.0. The van der Waals surface area contributed by atoms with Crippen LogP contribution >= 0.6 is 0 Å². The summed E-state index contributed by atoms with van der Waals surface area (Å²) >= 11 is 0. The van der Waals surface area contributed by atoms with E-state index < -0.39 is 5.92 Å². The number of nitrogens with zero attached hydrogens (tertiary/aromatic N) is 6. The van der Waals surface area contributed by atoms with Gasteiger partial charge >= 0.3 is 0 Å². The van der Waals surface area contributed by atoms with Gasteiger partial charge in [0.15, 0.2) is 5.82 Å². The van der Waals surface area contributed by atoms with Crippen molar-refractivity contribution in [3.8, 4) is 0 Å². The van der Waals surface area contributed by atoms with Crippen molar-refractivity contribution in [3.63, 3.8) is 0 Å². The monoisotopic (exact) mass is 520 g/mol. The van der Waals surface area contributed by atoms with Gasteiger partial charge in [0, 0.05) is 32.1 Å². The van der Waals surface area contributed by atoms with Crippen LogP contribution in [0.4, 0.5) is 8.78 Å². The highest BCUT2D eigenvalue weighted by Crippen LogP contribution is 2.34. The van der Waals surface area contributed by atoms with E-state index in [-0.39, 0.29) is 19.0 Å². The first kappa shape index (κ1) is 25.6. The van der Waals surface area contributed by atoms with E-state index >= 15 is 0 Å². The lowest BCUT2D eigenvalue weighted by Gasteiger charge is -2.32. The highest BCUT2D eigenvalue weighted by Gasteiger charge is 2.37. The molecular weight excluding hydrogens is 482 g/mol. The molecule has 4 heterocycles. The Hall–Kier alpha value is -2.68. The molecular formula is C30H38F2N6. The summed E-state index contributed by atoms with van der Waals surface area (Å²) in [7, 11) is 0. The summed E-state index contributed by atoms with van der Waals surface area (Å²) < 4.78 is 30.0. The van der Waals surface area contributed by atoms with Gasteiger partial charge in [-0.05, 0) is 62.0 Å². The quantitative estimate of drug-likeness (QED) is 0.426. The number of alkyl halides is 2. The minimum Gasteiger partial charge on any atom is -0.311 e. The molecule has 2 aromatic carbocycles. The lowest BCUT2D eigenvalue weighted by molar-refractivity contribution is -0.0661. The van der Waals surface area contributed by atoms with Gasteiger partial charge in [0.05, 0.1) is 19.1 Å². The van der Waals surface area contributed by atoms with Crippen molar-refractivity contribution in [2.75, 3.05) is 39.3 Å². The maximum Gasteiger partial charge on any atom is 0.260 e. The van der Waals surface area contributed by atoms with Gasteiger partial charge in [-0.1, -0.05) is 54.6 Å². The number of rotatable bonds is 8. The first-order valence-corrected chi connectivity index (χ1v) is 14.1. The molecule has 0 bridgehead atoms. The summed E-state index contributed by atoms with van der Waals surface area (Å²) in [6.45, 7) is 6.33. The van der Waals surface area contributed by atoms with Crippen LogP contribution in [0.25, 0.3) is 0 Å². The zero-order valence-corrected chi connectivity index (χ0v) is 22.1. The standard InChI is InChI=1S/C30H38F2N6/c31-30(32)14-6-15-35(22-30)19-25-9-11-26(12-10-25)28(37-18-13-27(21-37)36-16-4-5-17-36)29-34-33-23-38(29)20-24-7-2-1-3-8-24/h1-3,7-12,23,27-28H,4-6,13-22H2/t27-,28?/m0/s1. The van der Waals surface area contributed by atoms with E-state index in [4.69, 9.17) is 0 Å². The maximum absolute atomic E-state index is 13.9. The van der Waals surface area contributed by atoms with Crippen molar-refractivity contribution in [2.45, 2.75) is 63.2 Å². The Morgan fingerprint density at radius 2 is 1.63 bits per heavy atom. The number of hydrogen-bond acceptors (Lipinski definition) is 5. The van der Waals surface area contributed by atoms with Crippen molar-refractivity contribution in [1.82, 2.24) is 29.5 Å². The van der Waals surface area contributed by atoms with Gasteiger partial charge in [0.2, 0.25) is 0 Å². The Bertz CT molecular complexity index is 1170. The summed E-state index contributed by atoms with van der Waals surface area (Å²) in [6, 6.07) is 19.6. The molecule has 0 radical (unpaired) electrons. The molecule has 3 aliphatic rings. The highest BCUT2D eigenvalue weighted by atomic mass is 19.3. The van der Waals surface area contributed by atoms with E-state index in [0.717, 1.165) is 37.6 Å². The molecule has 3 fully saturated rings. The fraction of sp³-hybridized carbons (Fsp3) is 0.533. The summed E-state index contributed by atoms with van der Waals surface area (Å²) in [6.07, 6.45) is 6.17. The molecule has 6 nitrogen and oxygen atoms in total. The Labute approximate surface area is 224 Å². The third-order valence-electron chi connectivity index (χ3n) is 8.48. The normalized spacial score (nSPS) is 23.7. The molecule has 0 aliphatic carbocycles. The number of likely N-dealkylation sites (tertiary alicyclic amines) is 3. The molecule has 3 aliphatic heterocycles. The van der Waals surface area contributed by atoms with Crippen LogP contribution < -0.4 is 0 Å². The van der Waals surface area contributed by atoms with Crippen molar-refractivity contribution in [3.05, 3.63) is 83.4 Å². The van der Waals surface area contributed by atoms with Gasteiger partial charge < -0.3 is 4.57 Å². The van der Waals surface area contributed by atoms with Crippen LogP contribution in [0, 0.1) is 0 Å². The van der Waals surface area contributed by atoms with Crippen LogP contribution in [0.3, 0.4) is 0 Å². The number of halogens is 2. The topological polar surface area (TPSA) is 40.4 Å². The second-order valence-corrected chi connectivity index (χ2v) is 11.3. The van der Waals surface area contributed by atoms with E-state index in [1.807, 2.05) is 17.3 Å². The minimum atomic E-state index is -2.58. The fourth-order valence-corrected chi connectivity index (χ4v) is 6.55. The lowest BCUT2D eigenvalue weighted by atomic mass is 10.0. The van der Waals surface area contributed by atoms with Crippen LogP contribution in [0.1, 0.15) is 60.7 Å². The van der Waals surface area contributed by atoms with Gasteiger partial charge in [-0.2, -0.15) is 0 Å². The van der Waals surface area contributed by atoms with Crippen LogP contribution in [-0.2, 0) is 13.1 Å². The zero-order valence-electron chi connectivity index (χ0n) is 22.1. The fourth-order valence-electron chi connectivity index (χ4n) is 6.55. The molecule has 3 aromatic rings. The van der Waals surface area contributed by atoms with E-state index in [2.05, 4.69) is 73.1 Å². The third kappa shape index (κ3) is 5.82. The SMILES string of the molecule is FC1(F)CCCN(Cc2ccc(C(c3nncn3Cc3ccccc3)N3CC[C@H](N4CCCC4)C3)cc2)C1. The largest absolute Gasteiger partial charge is 0.311 e. The average Bonchev–Trinajstić information content (AvgIpc) is 3.69. The molecule has 1 unspecified atom stereocenters. The van der Waals surface area contributed by atoms with E-state index in [9.17, 15) is 8.78 Å². The molecule has 0 saturated carbocycles. The molecule has 38 heavy (non-hydrogen) atoms. The first-order chi connectivity index (χ1) is 18.5. The van der Waals surface area contributed by atoms with Gasteiger partial charge in [0.25, 0.3) is 5.92 Å². The van der Waals surface area contributed by atoms with Crippen LogP contribution in [0.15, 0.2) is 60.9 Å². The molecule has 3 saturated heterocycles. The summed E-state index contributed by atoms with van der Waals surface area (Å²) in [5.74, 6) is -1.62. The van der Waals surface area contributed by atoms with Crippen molar-refractivity contribution >= 4 is 0 Å². The average molecular weight is 521 g/mol. The van der Waals surface area contributed by atoms with Crippen molar-refractivity contribution in [2.24, 2.45) is 0 Å². The van der Waals surface area contributed by atoms with Gasteiger partial charge in [-0.25, -0.2) is 8.78 Å². The van der Waals surface area contributed by atoms with Crippen molar-refractivity contribution in [1.29, 1.82) is 0 Å². The van der Waals surface area contributed by atoms with E-state index in [0.29, 0.717) is 19.0 Å². The lowest BCUT2D eigenvalue weighted by Crippen LogP contribution is -2.42. The molecule has 2 atom stereocenters. The Morgan fingerprint density at radius 1 is 0.868 bits per heavy atom. The number of piperidine rings is 1. The van der Waals surface area contributed by atoms with E-state index in [1.165, 1.54) is 43.5 Å².